The van der Waals surface area contributed by atoms with Crippen LogP contribution >= 0.6 is 0 Å². The van der Waals surface area contributed by atoms with Gasteiger partial charge in [-0.25, -0.2) is 0 Å². The van der Waals surface area contributed by atoms with Crippen LogP contribution in [0.4, 0.5) is 5.69 Å². The minimum absolute atomic E-state index is 0.162. The van der Waals surface area contributed by atoms with Crippen molar-refractivity contribution in [2.45, 2.75) is 30.7 Å². The highest BCUT2D eigenvalue weighted by molar-refractivity contribution is 5.41. The molecule has 2 rings (SSSR count). The quantitative estimate of drug-likeness (QED) is 0.644. The van der Waals surface area contributed by atoms with Crippen molar-refractivity contribution in [2.24, 2.45) is 0 Å². The molecule has 118 valence electrons. The highest BCUT2D eigenvalue weighted by atomic mass is 16.7. The van der Waals surface area contributed by atoms with Gasteiger partial charge in [-0.15, -0.1) is 0 Å². The van der Waals surface area contributed by atoms with E-state index in [-0.39, 0.29) is 6.61 Å². The number of nitrogens with two attached hydrogens (primary N) is 1. The smallest absolute Gasteiger partial charge is 0.229 e. The van der Waals surface area contributed by atoms with E-state index in [2.05, 4.69) is 0 Å². The molecule has 0 radical (unpaired) electrons. The van der Waals surface area contributed by atoms with E-state index in [1.54, 1.807) is 24.3 Å². The van der Waals surface area contributed by atoms with Crippen molar-refractivity contribution in [1.29, 1.82) is 0 Å². The molecule has 5 unspecified atom stereocenters. The fraction of sp³-hybridized carbons (Fsp3) is 0.571. The first-order valence-electron chi connectivity index (χ1n) is 6.62. The summed E-state index contributed by atoms with van der Waals surface area (Å²) in [4.78, 5) is 0. The minimum atomic E-state index is -1.13. The highest BCUT2D eigenvalue weighted by Crippen LogP contribution is 2.26. The van der Waals surface area contributed by atoms with E-state index >= 15 is 0 Å². The minimum Gasteiger partial charge on any atom is -0.462 e. The van der Waals surface area contributed by atoms with Crippen molar-refractivity contribution in [3.8, 4) is 5.75 Å². The Morgan fingerprint density at radius 3 is 2.38 bits per heavy atom. The molecule has 7 heteroatoms. The van der Waals surface area contributed by atoms with Crippen LogP contribution in [0.2, 0.25) is 0 Å². The van der Waals surface area contributed by atoms with Crippen molar-refractivity contribution >= 4 is 5.69 Å². The van der Waals surface area contributed by atoms with Crippen molar-refractivity contribution < 1.29 is 29.2 Å². The van der Waals surface area contributed by atoms with Gasteiger partial charge in [-0.3, -0.25) is 0 Å². The van der Waals surface area contributed by atoms with E-state index in [9.17, 15) is 10.2 Å². The molecule has 0 spiro atoms. The van der Waals surface area contributed by atoms with Gasteiger partial charge in [0.2, 0.25) is 6.29 Å². The van der Waals surface area contributed by atoms with Crippen LogP contribution in [0.5, 0.6) is 5.75 Å². The van der Waals surface area contributed by atoms with E-state index in [1.165, 1.54) is 14.2 Å². The lowest BCUT2D eigenvalue weighted by atomic mass is 9.99. The molecule has 0 amide bonds. The van der Waals surface area contributed by atoms with E-state index in [0.717, 1.165) is 0 Å². The molecule has 21 heavy (non-hydrogen) atoms. The van der Waals surface area contributed by atoms with Gasteiger partial charge in [-0.2, -0.15) is 0 Å². The van der Waals surface area contributed by atoms with Crippen molar-refractivity contribution in [3.63, 3.8) is 0 Å². The summed E-state index contributed by atoms with van der Waals surface area (Å²) in [6.07, 6.45) is -4.58. The van der Waals surface area contributed by atoms with Gasteiger partial charge in [0.05, 0.1) is 6.61 Å². The van der Waals surface area contributed by atoms with Gasteiger partial charge in [0.1, 0.15) is 30.2 Å². The zero-order valence-electron chi connectivity index (χ0n) is 12.0. The molecule has 5 atom stereocenters. The molecule has 1 heterocycles. The van der Waals surface area contributed by atoms with E-state index in [4.69, 9.17) is 24.7 Å². The number of aliphatic hydroxyl groups is 2. The molecule has 1 saturated heterocycles. The molecule has 1 aromatic rings. The molecule has 1 fully saturated rings. The summed E-state index contributed by atoms with van der Waals surface area (Å²) in [5.74, 6) is 0.496. The number of ether oxygens (including phenoxy) is 4. The van der Waals surface area contributed by atoms with Crippen LogP contribution in [-0.4, -0.2) is 61.7 Å². The Bertz CT molecular complexity index is 440. The number of hydrogen-bond acceptors (Lipinski definition) is 7. The van der Waals surface area contributed by atoms with Crippen LogP contribution in [0.15, 0.2) is 24.3 Å². The molecular weight excluding hydrogens is 278 g/mol. The Hall–Kier alpha value is -1.38. The first-order chi connectivity index (χ1) is 10.1. The van der Waals surface area contributed by atoms with Gasteiger partial charge >= 0.3 is 0 Å². The largest absolute Gasteiger partial charge is 0.462 e. The Morgan fingerprint density at radius 2 is 1.81 bits per heavy atom. The third-order valence-corrected chi connectivity index (χ3v) is 3.38. The van der Waals surface area contributed by atoms with Gasteiger partial charge in [-0.1, -0.05) is 0 Å². The second-order valence-corrected chi connectivity index (χ2v) is 4.87. The van der Waals surface area contributed by atoms with Gasteiger partial charge in [0.25, 0.3) is 0 Å². The summed E-state index contributed by atoms with van der Waals surface area (Å²) in [5.41, 5.74) is 6.21. The molecular formula is C14H21NO6. The molecule has 1 aromatic carbocycles. The molecule has 4 N–H and O–H groups in total. The maximum atomic E-state index is 10.2. The number of hydrogen-bond donors (Lipinski definition) is 3. The lowest BCUT2D eigenvalue weighted by Crippen LogP contribution is -2.60. The fourth-order valence-corrected chi connectivity index (χ4v) is 2.26. The number of aliphatic hydroxyl groups excluding tert-OH is 2. The molecule has 0 saturated carbocycles. The topological polar surface area (TPSA) is 103 Å². The van der Waals surface area contributed by atoms with Crippen LogP contribution in [0.3, 0.4) is 0 Å². The Labute approximate surface area is 123 Å². The van der Waals surface area contributed by atoms with Crippen LogP contribution < -0.4 is 10.5 Å². The van der Waals surface area contributed by atoms with E-state index in [0.29, 0.717) is 11.4 Å². The standard InChI is InChI=1S/C14H21NO6/c1-18-7-10-11(16)13(19-2)12(17)14(21-10)20-9-5-3-8(15)4-6-9/h3-6,10-14,16-17H,7,15H2,1-2H3. The van der Waals surface area contributed by atoms with Gasteiger partial charge in [0, 0.05) is 19.9 Å². The van der Waals surface area contributed by atoms with E-state index < -0.39 is 30.7 Å². The molecule has 1 aliphatic rings. The summed E-state index contributed by atoms with van der Waals surface area (Å²) < 4.78 is 21.3. The summed E-state index contributed by atoms with van der Waals surface area (Å²) >= 11 is 0. The Morgan fingerprint density at radius 1 is 1.14 bits per heavy atom. The first-order valence-corrected chi connectivity index (χ1v) is 6.62. The SMILES string of the molecule is COCC1OC(Oc2ccc(N)cc2)C(O)C(OC)C1O. The summed E-state index contributed by atoms with van der Waals surface area (Å²) in [6.45, 7) is 0.162. The second-order valence-electron chi connectivity index (χ2n) is 4.87. The number of methoxy groups -OCH3 is 2. The average Bonchev–Trinajstić information content (AvgIpc) is 2.47. The maximum absolute atomic E-state index is 10.2. The molecule has 7 nitrogen and oxygen atoms in total. The van der Waals surface area contributed by atoms with Crippen LogP contribution in [0.1, 0.15) is 0 Å². The summed E-state index contributed by atoms with van der Waals surface area (Å²) in [5, 5.41) is 20.3. The zero-order valence-corrected chi connectivity index (χ0v) is 12.0. The highest BCUT2D eigenvalue weighted by Gasteiger charge is 2.46. The molecule has 0 aromatic heterocycles. The maximum Gasteiger partial charge on any atom is 0.229 e. The third kappa shape index (κ3) is 3.63. The van der Waals surface area contributed by atoms with Gasteiger partial charge in [-0.05, 0) is 24.3 Å². The predicted molar refractivity (Wildman–Crippen MR) is 74.8 cm³/mol. The molecule has 0 aliphatic carbocycles. The number of rotatable bonds is 5. The molecule has 1 aliphatic heterocycles. The summed E-state index contributed by atoms with van der Waals surface area (Å²) in [6, 6.07) is 6.70. The molecule has 0 bridgehead atoms. The van der Waals surface area contributed by atoms with Crippen LogP contribution in [-0.2, 0) is 14.2 Å². The Balaban J connectivity index is 2.11. The van der Waals surface area contributed by atoms with Crippen molar-refractivity contribution in [2.75, 3.05) is 26.6 Å². The lowest BCUT2D eigenvalue weighted by Gasteiger charge is -2.41. The predicted octanol–water partition coefficient (Wildman–Crippen LogP) is -0.244. The normalized spacial score (nSPS) is 32.9. The average molecular weight is 299 g/mol. The second kappa shape index (κ2) is 7.06. The Kier molecular flexibility index (Phi) is 5.38. The monoisotopic (exact) mass is 299 g/mol. The van der Waals surface area contributed by atoms with Crippen molar-refractivity contribution in [3.05, 3.63) is 24.3 Å². The number of anilines is 1. The van der Waals surface area contributed by atoms with Crippen LogP contribution in [0.25, 0.3) is 0 Å². The number of nitrogen functional groups attached to an aromatic ring is 1. The van der Waals surface area contributed by atoms with Crippen LogP contribution in [0, 0.1) is 0 Å². The first kappa shape index (κ1) is 16.0. The van der Waals surface area contributed by atoms with Gasteiger partial charge < -0.3 is 34.9 Å². The van der Waals surface area contributed by atoms with Gasteiger partial charge in [0.15, 0.2) is 0 Å². The number of benzene rings is 1. The third-order valence-electron chi connectivity index (χ3n) is 3.38. The lowest BCUT2D eigenvalue weighted by molar-refractivity contribution is -0.283. The fourth-order valence-electron chi connectivity index (χ4n) is 2.26. The zero-order chi connectivity index (χ0) is 15.4. The van der Waals surface area contributed by atoms with E-state index in [1.807, 2.05) is 0 Å². The van der Waals surface area contributed by atoms with Crippen molar-refractivity contribution in [1.82, 2.24) is 0 Å². The summed E-state index contributed by atoms with van der Waals surface area (Å²) in [7, 11) is 2.91.